The van der Waals surface area contributed by atoms with Crippen LogP contribution in [0.1, 0.15) is 27.7 Å². The van der Waals surface area contributed by atoms with Gasteiger partial charge in [-0.05, 0) is 30.3 Å². The van der Waals surface area contributed by atoms with Crippen molar-refractivity contribution in [2.24, 2.45) is 0 Å². The molecule has 1 heterocycles. The highest BCUT2D eigenvalue weighted by molar-refractivity contribution is 5.97. The predicted octanol–water partition coefficient (Wildman–Crippen LogP) is 4.57. The monoisotopic (exact) mass is 388 g/mol. The van der Waals surface area contributed by atoms with Crippen molar-refractivity contribution in [1.29, 1.82) is 0 Å². The van der Waals surface area contributed by atoms with Gasteiger partial charge in [-0.3, -0.25) is 4.79 Å². The van der Waals surface area contributed by atoms with E-state index in [2.05, 4.69) is 10.3 Å². The average molecular weight is 388 g/mol. The Bertz CT molecular complexity index is 954. The first kappa shape index (κ1) is 19.2. The number of rotatable bonds is 5. The van der Waals surface area contributed by atoms with Gasteiger partial charge in [0.25, 0.3) is 5.91 Å². The van der Waals surface area contributed by atoms with Crippen molar-refractivity contribution < 1.29 is 27.5 Å². The summed E-state index contributed by atoms with van der Waals surface area (Å²) < 4.78 is 43.9. The van der Waals surface area contributed by atoms with Crippen LogP contribution in [0.2, 0.25) is 0 Å². The minimum absolute atomic E-state index is 0.0586. The maximum Gasteiger partial charge on any atom is 0.416 e. The van der Waals surface area contributed by atoms with Crippen LogP contribution in [0.15, 0.2) is 72.9 Å². The molecule has 2 aromatic carbocycles. The first-order valence-corrected chi connectivity index (χ1v) is 8.22. The number of carbonyl (C=O) groups excluding carboxylic acids is 2. The molecule has 1 amide bonds. The molecule has 0 radical (unpaired) electrons. The van der Waals surface area contributed by atoms with Gasteiger partial charge in [0.2, 0.25) is 6.10 Å². The van der Waals surface area contributed by atoms with Crippen LogP contribution in [-0.4, -0.2) is 16.9 Å². The van der Waals surface area contributed by atoms with Gasteiger partial charge in [-0.15, -0.1) is 0 Å². The van der Waals surface area contributed by atoms with Gasteiger partial charge >= 0.3 is 12.1 Å². The first-order valence-electron chi connectivity index (χ1n) is 8.22. The third-order valence-corrected chi connectivity index (χ3v) is 3.84. The van der Waals surface area contributed by atoms with Crippen LogP contribution in [0.25, 0.3) is 0 Å². The molecule has 3 rings (SSSR count). The van der Waals surface area contributed by atoms with Crippen LogP contribution in [0, 0.1) is 0 Å². The number of aromatic nitrogens is 1. The number of esters is 1. The molecule has 5 nitrogen and oxygen atoms in total. The maximum atomic E-state index is 12.9. The summed E-state index contributed by atoms with van der Waals surface area (Å²) >= 11 is 0. The van der Waals surface area contributed by atoms with Crippen LogP contribution in [-0.2, 0) is 15.7 Å². The van der Waals surface area contributed by atoms with E-state index in [-0.39, 0.29) is 11.4 Å². The number of hydrogen-bond acceptors (Lipinski definition) is 3. The van der Waals surface area contributed by atoms with Gasteiger partial charge in [-0.1, -0.05) is 36.4 Å². The molecule has 3 aromatic rings. The quantitative estimate of drug-likeness (QED) is 0.629. The summed E-state index contributed by atoms with van der Waals surface area (Å²) in [6.07, 6.45) is -4.36. The fraction of sp³-hybridized carbons (Fsp3) is 0.100. The molecule has 0 fully saturated rings. The smallest absolute Gasteiger partial charge is 0.416 e. The Balaban J connectivity index is 1.84. The van der Waals surface area contributed by atoms with Gasteiger partial charge < -0.3 is 15.0 Å². The molecular formula is C20H15F3N2O3. The zero-order valence-electron chi connectivity index (χ0n) is 14.4. The summed E-state index contributed by atoms with van der Waals surface area (Å²) in [7, 11) is 0. The zero-order chi connectivity index (χ0) is 20.1. The first-order chi connectivity index (χ1) is 13.3. The van der Waals surface area contributed by atoms with E-state index in [0.717, 1.165) is 12.1 Å². The predicted molar refractivity (Wildman–Crippen MR) is 95.5 cm³/mol. The lowest BCUT2D eigenvalue weighted by molar-refractivity contribution is -0.137. The average Bonchev–Trinajstić information content (AvgIpc) is 3.21. The van der Waals surface area contributed by atoms with E-state index in [1.54, 1.807) is 36.4 Å². The number of aromatic amines is 1. The number of carbonyl (C=O) groups is 2. The largest absolute Gasteiger partial charge is 0.443 e. The molecule has 0 bridgehead atoms. The molecule has 0 saturated carbocycles. The van der Waals surface area contributed by atoms with Crippen molar-refractivity contribution in [3.63, 3.8) is 0 Å². The molecule has 8 heteroatoms. The molecule has 1 aromatic heterocycles. The Labute approximate surface area is 158 Å². The number of ether oxygens (including phenoxy) is 1. The van der Waals surface area contributed by atoms with Gasteiger partial charge in [-0.2, -0.15) is 13.2 Å². The van der Waals surface area contributed by atoms with Crippen molar-refractivity contribution in [1.82, 2.24) is 4.98 Å². The normalized spacial score (nSPS) is 12.2. The van der Waals surface area contributed by atoms with Crippen LogP contribution < -0.4 is 5.32 Å². The maximum absolute atomic E-state index is 12.9. The molecule has 1 atom stereocenters. The van der Waals surface area contributed by atoms with Crippen LogP contribution in [0.4, 0.5) is 18.9 Å². The van der Waals surface area contributed by atoms with E-state index < -0.39 is 29.7 Å². The molecule has 0 aliphatic rings. The van der Waals surface area contributed by atoms with Gasteiger partial charge in [0, 0.05) is 17.4 Å². The minimum atomic E-state index is -4.54. The third kappa shape index (κ3) is 4.59. The van der Waals surface area contributed by atoms with E-state index in [4.69, 9.17) is 4.74 Å². The van der Waals surface area contributed by atoms with Crippen LogP contribution in [0.3, 0.4) is 0 Å². The third-order valence-electron chi connectivity index (χ3n) is 3.84. The standard InChI is InChI=1S/C20H15F3N2O3/c21-20(22,23)14-8-4-9-15(12-14)25-18(26)17(13-6-2-1-3-7-13)28-19(27)16-10-5-11-24-16/h1-12,17,24H,(H,25,26)/t17-/m0/s1. The number of anilines is 1. The topological polar surface area (TPSA) is 71.2 Å². The van der Waals surface area contributed by atoms with Crippen molar-refractivity contribution in [3.8, 4) is 0 Å². The summed E-state index contributed by atoms with van der Waals surface area (Å²) in [5.74, 6) is -1.54. The minimum Gasteiger partial charge on any atom is -0.443 e. The molecule has 0 unspecified atom stereocenters. The SMILES string of the molecule is O=C(O[C@H](C(=O)Nc1cccc(C(F)(F)F)c1)c1ccccc1)c1ccc[nH]1. The fourth-order valence-electron chi connectivity index (χ4n) is 2.51. The Morgan fingerprint density at radius 2 is 1.71 bits per heavy atom. The number of halogens is 3. The van der Waals surface area contributed by atoms with Crippen molar-refractivity contribution in [2.45, 2.75) is 12.3 Å². The van der Waals surface area contributed by atoms with Gasteiger partial charge in [0.1, 0.15) is 5.69 Å². The van der Waals surface area contributed by atoms with E-state index >= 15 is 0 Å². The second kappa shape index (κ2) is 7.99. The summed E-state index contributed by atoms with van der Waals surface area (Å²) in [4.78, 5) is 27.6. The van der Waals surface area contributed by atoms with E-state index in [1.165, 1.54) is 24.4 Å². The van der Waals surface area contributed by atoms with Crippen molar-refractivity contribution in [2.75, 3.05) is 5.32 Å². The highest BCUT2D eigenvalue weighted by atomic mass is 19.4. The summed E-state index contributed by atoms with van der Waals surface area (Å²) in [5.41, 5.74) is -0.429. The van der Waals surface area contributed by atoms with E-state index in [1.807, 2.05) is 0 Å². The second-order valence-electron chi connectivity index (χ2n) is 5.85. The molecular weight excluding hydrogens is 373 g/mol. The number of benzene rings is 2. The Morgan fingerprint density at radius 1 is 0.964 bits per heavy atom. The summed E-state index contributed by atoms with van der Waals surface area (Å²) in [6.45, 7) is 0. The fourth-order valence-corrected chi connectivity index (χ4v) is 2.51. The summed E-state index contributed by atoms with van der Waals surface area (Å²) in [5, 5.41) is 2.38. The molecule has 28 heavy (non-hydrogen) atoms. The molecule has 144 valence electrons. The van der Waals surface area contributed by atoms with Crippen molar-refractivity contribution in [3.05, 3.63) is 89.7 Å². The zero-order valence-corrected chi connectivity index (χ0v) is 14.4. The Hall–Kier alpha value is -3.55. The van der Waals surface area contributed by atoms with Gasteiger partial charge in [-0.25, -0.2) is 4.79 Å². The van der Waals surface area contributed by atoms with Gasteiger partial charge in [0.05, 0.1) is 5.56 Å². The van der Waals surface area contributed by atoms with E-state index in [9.17, 15) is 22.8 Å². The molecule has 0 spiro atoms. The number of H-pyrrole nitrogens is 1. The second-order valence-corrected chi connectivity index (χ2v) is 5.85. The highest BCUT2D eigenvalue weighted by Gasteiger charge is 2.31. The Morgan fingerprint density at radius 3 is 2.36 bits per heavy atom. The van der Waals surface area contributed by atoms with Crippen LogP contribution >= 0.6 is 0 Å². The summed E-state index contributed by atoms with van der Waals surface area (Å²) in [6, 6.07) is 15.5. The lowest BCUT2D eigenvalue weighted by atomic mass is 10.1. The molecule has 2 N–H and O–H groups in total. The number of nitrogens with one attached hydrogen (secondary N) is 2. The van der Waals surface area contributed by atoms with E-state index in [0.29, 0.717) is 5.56 Å². The number of hydrogen-bond donors (Lipinski definition) is 2. The lowest BCUT2D eigenvalue weighted by Crippen LogP contribution is -2.26. The molecule has 0 saturated heterocycles. The Kier molecular flexibility index (Phi) is 5.49. The van der Waals surface area contributed by atoms with Gasteiger partial charge in [0.15, 0.2) is 0 Å². The number of amides is 1. The lowest BCUT2D eigenvalue weighted by Gasteiger charge is -2.18. The highest BCUT2D eigenvalue weighted by Crippen LogP contribution is 2.31. The van der Waals surface area contributed by atoms with Crippen LogP contribution in [0.5, 0.6) is 0 Å². The molecule has 0 aliphatic heterocycles. The van der Waals surface area contributed by atoms with Crippen molar-refractivity contribution >= 4 is 17.6 Å². The number of alkyl halides is 3. The molecule has 0 aliphatic carbocycles.